The lowest BCUT2D eigenvalue weighted by Gasteiger charge is -2.10. The first kappa shape index (κ1) is 14.7. The lowest BCUT2D eigenvalue weighted by Crippen LogP contribution is -1.97. The van der Waals surface area contributed by atoms with E-state index < -0.39 is 11.1 Å². The zero-order chi connectivity index (χ0) is 15.5. The second kappa shape index (κ2) is 6.25. The number of rotatable bonds is 4. The van der Waals surface area contributed by atoms with Crippen molar-refractivity contribution in [1.29, 1.82) is 0 Å². The van der Waals surface area contributed by atoms with Crippen LogP contribution < -0.4 is 0 Å². The Kier molecular flexibility index (Phi) is 4.18. The highest BCUT2D eigenvalue weighted by atomic mass is 32.2. The highest BCUT2D eigenvalue weighted by Crippen LogP contribution is 2.24. The summed E-state index contributed by atoms with van der Waals surface area (Å²) in [6.45, 7) is 0. The molecule has 1 N–H and O–H groups in total. The fourth-order valence-corrected chi connectivity index (χ4v) is 2.83. The lowest BCUT2D eigenvalue weighted by molar-refractivity contribution is 0.563. The summed E-state index contributed by atoms with van der Waals surface area (Å²) in [7, 11) is 0. The van der Waals surface area contributed by atoms with E-state index in [4.69, 9.17) is 4.55 Å². The Morgan fingerprint density at radius 3 is 2.32 bits per heavy atom. The fraction of sp³-hybridized carbons (Fsp3) is 0.0588. The Morgan fingerprint density at radius 1 is 1.00 bits per heavy atom. The number of hydrogen-bond acceptors (Lipinski definition) is 1. The van der Waals surface area contributed by atoms with Crippen LogP contribution in [0.15, 0.2) is 66.9 Å². The molecule has 3 aromatic rings. The molecule has 1 atom stereocenters. The lowest BCUT2D eigenvalue weighted by atomic mass is 10.1. The molecule has 3 nitrogen and oxygen atoms in total. The molecule has 0 saturated carbocycles. The molecule has 0 fully saturated rings. The van der Waals surface area contributed by atoms with Gasteiger partial charge in [0.05, 0.1) is 11.4 Å². The number of aromatic nitrogens is 1. The summed E-state index contributed by atoms with van der Waals surface area (Å²) in [6.07, 6.45) is 1.93. The van der Waals surface area contributed by atoms with E-state index in [0.29, 0.717) is 0 Å². The molecule has 112 valence electrons. The van der Waals surface area contributed by atoms with Crippen molar-refractivity contribution in [2.24, 2.45) is 0 Å². The molecule has 1 aromatic heterocycles. The molecular weight excluding hydrogens is 301 g/mol. The van der Waals surface area contributed by atoms with E-state index in [1.807, 2.05) is 47.2 Å². The molecule has 0 aliphatic carbocycles. The van der Waals surface area contributed by atoms with Crippen LogP contribution in [0.5, 0.6) is 0 Å². The van der Waals surface area contributed by atoms with Crippen LogP contribution in [0.2, 0.25) is 0 Å². The SMILES string of the molecule is O=S(O)Cc1ccc(-n2cccc2-c2ccc(F)cc2)cc1. The van der Waals surface area contributed by atoms with Gasteiger partial charge >= 0.3 is 0 Å². The molecule has 0 bridgehead atoms. The molecule has 3 rings (SSSR count). The molecule has 1 heterocycles. The Balaban J connectivity index is 1.94. The Morgan fingerprint density at radius 2 is 1.68 bits per heavy atom. The van der Waals surface area contributed by atoms with Crippen molar-refractivity contribution in [1.82, 2.24) is 4.57 Å². The average molecular weight is 315 g/mol. The van der Waals surface area contributed by atoms with Gasteiger partial charge in [0, 0.05) is 11.9 Å². The number of hydrogen-bond donors (Lipinski definition) is 1. The molecule has 22 heavy (non-hydrogen) atoms. The molecule has 1 unspecified atom stereocenters. The van der Waals surface area contributed by atoms with Crippen LogP contribution in [0.1, 0.15) is 5.56 Å². The predicted molar refractivity (Wildman–Crippen MR) is 85.6 cm³/mol. The molecule has 5 heteroatoms. The molecule has 0 spiro atoms. The van der Waals surface area contributed by atoms with E-state index in [2.05, 4.69) is 0 Å². The average Bonchev–Trinajstić information content (AvgIpc) is 2.97. The molecule has 0 aliphatic rings. The smallest absolute Gasteiger partial charge is 0.157 e. The van der Waals surface area contributed by atoms with Gasteiger partial charge in [-0.05, 0) is 59.7 Å². The van der Waals surface area contributed by atoms with Gasteiger partial charge in [-0.1, -0.05) is 12.1 Å². The number of nitrogens with zero attached hydrogens (tertiary/aromatic N) is 1. The maximum Gasteiger partial charge on any atom is 0.157 e. The summed E-state index contributed by atoms with van der Waals surface area (Å²) in [5.41, 5.74) is 3.63. The first-order valence-corrected chi connectivity index (χ1v) is 8.01. The van der Waals surface area contributed by atoms with Gasteiger partial charge in [-0.25, -0.2) is 8.60 Å². The molecule has 0 aliphatic heterocycles. The first-order chi connectivity index (χ1) is 10.6. The van der Waals surface area contributed by atoms with Crippen molar-refractivity contribution in [3.05, 3.63) is 78.2 Å². The minimum Gasteiger partial charge on any atom is -0.317 e. The Labute approximate surface area is 130 Å². The summed E-state index contributed by atoms with van der Waals surface area (Å²) in [6, 6.07) is 17.7. The van der Waals surface area contributed by atoms with Gasteiger partial charge < -0.3 is 9.12 Å². The van der Waals surface area contributed by atoms with Crippen molar-refractivity contribution in [2.45, 2.75) is 5.75 Å². The van der Waals surface area contributed by atoms with Crippen molar-refractivity contribution in [3.8, 4) is 16.9 Å². The summed E-state index contributed by atoms with van der Waals surface area (Å²) in [5, 5.41) is 0. The van der Waals surface area contributed by atoms with Gasteiger partial charge in [-0.15, -0.1) is 0 Å². The van der Waals surface area contributed by atoms with Gasteiger partial charge in [-0.2, -0.15) is 0 Å². The van der Waals surface area contributed by atoms with Gasteiger partial charge in [0.1, 0.15) is 5.82 Å². The van der Waals surface area contributed by atoms with Crippen LogP contribution in [0.4, 0.5) is 4.39 Å². The molecule has 0 radical (unpaired) electrons. The van der Waals surface area contributed by atoms with E-state index in [1.54, 1.807) is 12.1 Å². The largest absolute Gasteiger partial charge is 0.317 e. The van der Waals surface area contributed by atoms with Crippen molar-refractivity contribution < 1.29 is 13.2 Å². The second-order valence-electron chi connectivity index (χ2n) is 4.90. The van der Waals surface area contributed by atoms with Gasteiger partial charge in [0.15, 0.2) is 11.1 Å². The predicted octanol–water partition coefficient (Wildman–Crippen LogP) is 4.01. The minimum atomic E-state index is -1.84. The van der Waals surface area contributed by atoms with E-state index >= 15 is 0 Å². The van der Waals surface area contributed by atoms with E-state index in [1.165, 1.54) is 12.1 Å². The third kappa shape index (κ3) is 3.16. The number of benzene rings is 2. The monoisotopic (exact) mass is 315 g/mol. The molecule has 0 saturated heterocycles. The van der Waals surface area contributed by atoms with E-state index in [0.717, 1.165) is 22.5 Å². The summed E-state index contributed by atoms with van der Waals surface area (Å²) in [5.74, 6) is -0.139. The van der Waals surface area contributed by atoms with Crippen LogP contribution in [-0.4, -0.2) is 13.3 Å². The van der Waals surface area contributed by atoms with Crippen LogP contribution in [-0.2, 0) is 16.8 Å². The Hall–Kier alpha value is -2.24. The minimum absolute atomic E-state index is 0.122. The van der Waals surface area contributed by atoms with Gasteiger partial charge in [-0.3, -0.25) is 0 Å². The van der Waals surface area contributed by atoms with Crippen LogP contribution >= 0.6 is 0 Å². The maximum absolute atomic E-state index is 13.0. The molecule has 0 amide bonds. The van der Waals surface area contributed by atoms with Crippen LogP contribution in [0.25, 0.3) is 16.9 Å². The summed E-state index contributed by atoms with van der Waals surface area (Å²) >= 11 is -1.84. The second-order valence-corrected chi connectivity index (χ2v) is 5.83. The zero-order valence-corrected chi connectivity index (χ0v) is 12.5. The standard InChI is InChI=1S/C17H14FNO2S/c18-15-7-5-14(6-8-15)17-2-1-11-19(17)16-9-3-13(4-10-16)12-22(20)21/h1-11H,12H2,(H,20,21). The topological polar surface area (TPSA) is 42.2 Å². The third-order valence-electron chi connectivity index (χ3n) is 3.39. The van der Waals surface area contributed by atoms with Crippen molar-refractivity contribution in [2.75, 3.05) is 0 Å². The first-order valence-electron chi connectivity index (χ1n) is 6.73. The van der Waals surface area contributed by atoms with Crippen LogP contribution in [0.3, 0.4) is 0 Å². The highest BCUT2D eigenvalue weighted by Gasteiger charge is 2.06. The summed E-state index contributed by atoms with van der Waals surface area (Å²) < 4.78 is 34.8. The van der Waals surface area contributed by atoms with E-state index in [-0.39, 0.29) is 11.6 Å². The van der Waals surface area contributed by atoms with Gasteiger partial charge in [0.25, 0.3) is 0 Å². The molecular formula is C17H14FNO2S. The Bertz CT molecular complexity index is 794. The normalized spacial score (nSPS) is 12.3. The fourth-order valence-electron chi connectivity index (χ4n) is 2.36. The van der Waals surface area contributed by atoms with Gasteiger partial charge in [0.2, 0.25) is 0 Å². The zero-order valence-electron chi connectivity index (χ0n) is 11.6. The maximum atomic E-state index is 13.0. The summed E-state index contributed by atoms with van der Waals surface area (Å²) in [4.78, 5) is 0. The third-order valence-corrected chi connectivity index (χ3v) is 3.97. The van der Waals surface area contributed by atoms with Crippen LogP contribution in [0, 0.1) is 5.82 Å². The quantitative estimate of drug-likeness (QED) is 0.739. The number of halogens is 1. The van der Waals surface area contributed by atoms with Crippen molar-refractivity contribution >= 4 is 11.1 Å². The van der Waals surface area contributed by atoms with Crippen molar-refractivity contribution in [3.63, 3.8) is 0 Å². The molecule has 2 aromatic carbocycles. The highest BCUT2D eigenvalue weighted by molar-refractivity contribution is 7.78. The van der Waals surface area contributed by atoms with E-state index in [9.17, 15) is 8.60 Å².